The van der Waals surface area contributed by atoms with Crippen LogP contribution in [0.4, 0.5) is 0 Å². The van der Waals surface area contributed by atoms with E-state index in [1.165, 1.54) is 21.6 Å². The minimum absolute atomic E-state index is 0.0520. The minimum atomic E-state index is -0.272. The summed E-state index contributed by atoms with van der Waals surface area (Å²) < 4.78 is 0. The first-order valence-electron chi connectivity index (χ1n) is 10.4. The topological polar surface area (TPSA) is 37.4 Å². The highest BCUT2D eigenvalue weighted by Crippen LogP contribution is 2.31. The van der Waals surface area contributed by atoms with Crippen LogP contribution in [0.2, 0.25) is 0 Å². The molecule has 2 aliphatic rings. The summed E-state index contributed by atoms with van der Waals surface area (Å²) in [6, 6.07) is 14.4. The summed E-state index contributed by atoms with van der Waals surface area (Å²) in [4.78, 5) is 26.5. The van der Waals surface area contributed by atoms with Crippen LogP contribution in [-0.4, -0.2) is 23.3 Å². The molecule has 2 amide bonds. The molecule has 1 heterocycles. The summed E-state index contributed by atoms with van der Waals surface area (Å²) in [6.45, 7) is 4.62. The molecule has 150 valence electrons. The first kappa shape index (κ1) is 19.9. The number of imide groups is 1. The minimum Gasteiger partial charge on any atom is -0.278 e. The molecule has 1 atom stereocenters. The number of aryl methyl sites for hydroxylation is 3. The number of carbonyl (C=O) groups excluding carboxylic acids is 2. The van der Waals surface area contributed by atoms with Crippen molar-refractivity contribution in [2.24, 2.45) is 5.92 Å². The van der Waals surface area contributed by atoms with Gasteiger partial charge in [-0.25, -0.2) is 0 Å². The molecule has 1 saturated heterocycles. The second kappa shape index (κ2) is 8.55. The van der Waals surface area contributed by atoms with Crippen LogP contribution >= 0.6 is 0 Å². The molecule has 2 aromatic carbocycles. The third kappa shape index (κ3) is 4.00. The smallest absolute Gasteiger partial charge is 0.257 e. The van der Waals surface area contributed by atoms with Crippen molar-refractivity contribution in [1.29, 1.82) is 0 Å². The molecule has 2 aromatic rings. The SMILES string of the molecule is Cc1cccc(C)c1C#Cc1cccc(CCCN2C(=O)C3=CC=CCC3C2=O)c1. The monoisotopic (exact) mass is 395 g/mol. The molecule has 4 rings (SSSR count). The fourth-order valence-corrected chi connectivity index (χ4v) is 4.13. The summed E-state index contributed by atoms with van der Waals surface area (Å²) in [5, 5.41) is 0. The third-order valence-corrected chi connectivity index (χ3v) is 5.80. The van der Waals surface area contributed by atoms with Crippen molar-refractivity contribution in [1.82, 2.24) is 4.90 Å². The van der Waals surface area contributed by atoms with E-state index in [1.54, 1.807) is 6.08 Å². The number of hydrogen-bond acceptors (Lipinski definition) is 2. The molecule has 0 spiro atoms. The van der Waals surface area contributed by atoms with Crippen LogP contribution in [0.3, 0.4) is 0 Å². The molecule has 3 heteroatoms. The van der Waals surface area contributed by atoms with E-state index in [4.69, 9.17) is 0 Å². The molecule has 1 fully saturated rings. The van der Waals surface area contributed by atoms with Crippen molar-refractivity contribution in [2.75, 3.05) is 6.54 Å². The number of carbonyl (C=O) groups is 2. The highest BCUT2D eigenvalue weighted by molar-refractivity contribution is 6.15. The molecular formula is C27H25NO2. The Morgan fingerprint density at radius 1 is 1.03 bits per heavy atom. The fourth-order valence-electron chi connectivity index (χ4n) is 4.13. The van der Waals surface area contributed by atoms with Crippen molar-refractivity contribution in [3.63, 3.8) is 0 Å². The van der Waals surface area contributed by atoms with Crippen molar-refractivity contribution in [3.8, 4) is 11.8 Å². The van der Waals surface area contributed by atoms with Crippen LogP contribution in [0.5, 0.6) is 0 Å². The van der Waals surface area contributed by atoms with Gasteiger partial charge in [-0.3, -0.25) is 14.5 Å². The van der Waals surface area contributed by atoms with Crippen LogP contribution in [-0.2, 0) is 16.0 Å². The van der Waals surface area contributed by atoms with E-state index >= 15 is 0 Å². The van der Waals surface area contributed by atoms with Gasteiger partial charge in [0.15, 0.2) is 0 Å². The Bertz CT molecular complexity index is 1110. The molecule has 1 aliphatic heterocycles. The first-order valence-corrected chi connectivity index (χ1v) is 10.4. The molecule has 1 unspecified atom stereocenters. The van der Waals surface area contributed by atoms with E-state index in [9.17, 15) is 9.59 Å². The van der Waals surface area contributed by atoms with Crippen LogP contribution in [0, 0.1) is 31.6 Å². The number of rotatable bonds is 4. The zero-order valence-electron chi connectivity index (χ0n) is 17.4. The molecule has 1 aliphatic carbocycles. The van der Waals surface area contributed by atoms with Crippen molar-refractivity contribution in [3.05, 3.63) is 94.1 Å². The lowest BCUT2D eigenvalue weighted by Crippen LogP contribution is -2.31. The molecular weight excluding hydrogens is 370 g/mol. The van der Waals surface area contributed by atoms with Crippen LogP contribution in [0.1, 0.15) is 40.7 Å². The Morgan fingerprint density at radius 2 is 1.80 bits per heavy atom. The average molecular weight is 396 g/mol. The molecule has 30 heavy (non-hydrogen) atoms. The van der Waals surface area contributed by atoms with E-state index in [0.29, 0.717) is 18.5 Å². The van der Waals surface area contributed by atoms with Gasteiger partial charge in [0.2, 0.25) is 5.91 Å². The lowest BCUT2D eigenvalue weighted by molar-refractivity contribution is -0.139. The Kier molecular flexibility index (Phi) is 5.68. The third-order valence-electron chi connectivity index (χ3n) is 5.80. The predicted octanol–water partition coefficient (Wildman–Crippen LogP) is 4.51. The van der Waals surface area contributed by atoms with Crippen molar-refractivity contribution >= 4 is 11.8 Å². The van der Waals surface area contributed by atoms with E-state index < -0.39 is 0 Å². The number of allylic oxidation sites excluding steroid dienone is 3. The van der Waals surface area contributed by atoms with Gasteiger partial charge in [-0.2, -0.15) is 0 Å². The van der Waals surface area contributed by atoms with Crippen LogP contribution < -0.4 is 0 Å². The quantitative estimate of drug-likeness (QED) is 0.564. The summed E-state index contributed by atoms with van der Waals surface area (Å²) >= 11 is 0. The molecule has 0 aromatic heterocycles. The lowest BCUT2D eigenvalue weighted by atomic mass is 9.94. The number of likely N-dealkylation sites (tertiary alicyclic amines) is 1. The number of benzene rings is 2. The average Bonchev–Trinajstić information content (AvgIpc) is 2.99. The van der Waals surface area contributed by atoms with Crippen LogP contribution in [0.15, 0.2) is 66.3 Å². The Hall–Kier alpha value is -3.38. The zero-order valence-corrected chi connectivity index (χ0v) is 17.4. The standard InChI is InChI=1S/C27H25NO2/c1-19-8-5-9-20(2)23(19)16-15-22-11-6-10-21(18-22)12-7-17-28-26(29)24-13-3-4-14-25(24)27(28)30/h3-6,8-11,13,18,25H,7,12,14,17H2,1-2H3. The second-order valence-electron chi connectivity index (χ2n) is 7.95. The molecule has 0 N–H and O–H groups in total. The van der Waals surface area contributed by atoms with Gasteiger partial charge in [0.25, 0.3) is 5.91 Å². The zero-order chi connectivity index (χ0) is 21.1. The molecule has 0 saturated carbocycles. The summed E-state index contributed by atoms with van der Waals surface area (Å²) in [5.41, 5.74) is 6.24. The summed E-state index contributed by atoms with van der Waals surface area (Å²) in [7, 11) is 0. The highest BCUT2D eigenvalue weighted by atomic mass is 16.2. The van der Waals surface area contributed by atoms with Gasteiger partial charge in [0.1, 0.15) is 0 Å². The molecule has 0 bridgehead atoms. The van der Waals surface area contributed by atoms with Gasteiger partial charge in [-0.15, -0.1) is 0 Å². The molecule has 3 nitrogen and oxygen atoms in total. The number of amides is 2. The van der Waals surface area contributed by atoms with Gasteiger partial charge in [-0.05, 0) is 61.9 Å². The molecule has 0 radical (unpaired) electrons. The summed E-state index contributed by atoms with van der Waals surface area (Å²) in [6.07, 6.45) is 7.79. The first-order chi connectivity index (χ1) is 14.5. The van der Waals surface area contributed by atoms with Gasteiger partial charge >= 0.3 is 0 Å². The largest absolute Gasteiger partial charge is 0.278 e. The van der Waals surface area contributed by atoms with Gasteiger partial charge in [0, 0.05) is 23.2 Å². The van der Waals surface area contributed by atoms with E-state index in [0.717, 1.165) is 24.0 Å². The highest BCUT2D eigenvalue weighted by Gasteiger charge is 2.42. The van der Waals surface area contributed by atoms with E-state index in [1.807, 2.05) is 30.4 Å². The maximum atomic E-state index is 12.5. The second-order valence-corrected chi connectivity index (χ2v) is 7.95. The Labute approximate surface area is 178 Å². The lowest BCUT2D eigenvalue weighted by Gasteiger charge is -2.14. The fraction of sp³-hybridized carbons (Fsp3) is 0.259. The number of fused-ring (bicyclic) bond motifs is 1. The van der Waals surface area contributed by atoms with Crippen LogP contribution in [0.25, 0.3) is 0 Å². The summed E-state index contributed by atoms with van der Waals surface area (Å²) in [5.74, 6) is 6.14. The van der Waals surface area contributed by atoms with E-state index in [-0.39, 0.29) is 17.7 Å². The number of nitrogens with zero attached hydrogens (tertiary/aromatic N) is 1. The van der Waals surface area contributed by atoms with Crippen molar-refractivity contribution < 1.29 is 9.59 Å². The maximum Gasteiger partial charge on any atom is 0.257 e. The van der Waals surface area contributed by atoms with Crippen molar-refractivity contribution in [2.45, 2.75) is 33.1 Å². The van der Waals surface area contributed by atoms with Gasteiger partial charge in [0.05, 0.1) is 5.92 Å². The Balaban J connectivity index is 1.40. The normalized spacial score (nSPS) is 17.5. The van der Waals surface area contributed by atoms with Gasteiger partial charge in [-0.1, -0.05) is 60.4 Å². The number of hydrogen-bond donors (Lipinski definition) is 0. The Morgan fingerprint density at radius 3 is 2.57 bits per heavy atom. The van der Waals surface area contributed by atoms with E-state index in [2.05, 4.69) is 50.0 Å². The van der Waals surface area contributed by atoms with Gasteiger partial charge < -0.3 is 0 Å². The maximum absolute atomic E-state index is 12.5. The predicted molar refractivity (Wildman–Crippen MR) is 119 cm³/mol.